The van der Waals surface area contributed by atoms with E-state index in [0.717, 1.165) is 0 Å². The number of rotatable bonds is 8. The van der Waals surface area contributed by atoms with Crippen molar-refractivity contribution in [1.29, 1.82) is 0 Å². The van der Waals surface area contributed by atoms with Gasteiger partial charge in [0.05, 0.1) is 5.75 Å². The molecule has 1 aliphatic rings. The second kappa shape index (κ2) is 8.39. The van der Waals surface area contributed by atoms with Crippen molar-refractivity contribution in [3.05, 3.63) is 59.2 Å². The number of ether oxygens (including phenoxy) is 1. The van der Waals surface area contributed by atoms with Crippen molar-refractivity contribution in [2.45, 2.75) is 25.4 Å². The van der Waals surface area contributed by atoms with Crippen LogP contribution in [-0.2, 0) is 21.3 Å². The molecule has 30 heavy (non-hydrogen) atoms. The van der Waals surface area contributed by atoms with Gasteiger partial charge >= 0.3 is 22.3 Å². The van der Waals surface area contributed by atoms with Crippen molar-refractivity contribution in [2.75, 3.05) is 5.75 Å². The van der Waals surface area contributed by atoms with Crippen molar-refractivity contribution < 1.29 is 40.4 Å². The van der Waals surface area contributed by atoms with E-state index in [0.29, 0.717) is 16.9 Å². The van der Waals surface area contributed by atoms with Crippen molar-refractivity contribution in [3.63, 3.8) is 0 Å². The number of carboxylic acids is 1. The van der Waals surface area contributed by atoms with Gasteiger partial charge in [-0.3, -0.25) is 0 Å². The van der Waals surface area contributed by atoms with Crippen LogP contribution in [-0.4, -0.2) is 31.4 Å². The van der Waals surface area contributed by atoms with Crippen LogP contribution in [0.4, 0.5) is 13.2 Å². The van der Waals surface area contributed by atoms with Crippen LogP contribution in [0.15, 0.2) is 48.0 Å². The first-order chi connectivity index (χ1) is 14.0. The Morgan fingerprint density at radius 3 is 2.50 bits per heavy atom. The molecule has 0 unspecified atom stereocenters. The Bertz CT molecular complexity index is 1090. The van der Waals surface area contributed by atoms with Gasteiger partial charge in [-0.2, -0.15) is 21.6 Å². The predicted molar refractivity (Wildman–Crippen MR) is 102 cm³/mol. The van der Waals surface area contributed by atoms with Gasteiger partial charge in [0.1, 0.15) is 17.2 Å². The summed E-state index contributed by atoms with van der Waals surface area (Å²) in [5.41, 5.74) is 1.62. The number of hydrogen-bond donors (Lipinski definition) is 1. The molecule has 6 nitrogen and oxygen atoms in total. The topological polar surface area (TPSA) is 89.9 Å². The molecule has 0 fully saturated rings. The molecule has 0 bridgehead atoms. The molecule has 2 aromatic carbocycles. The summed E-state index contributed by atoms with van der Waals surface area (Å²) in [6.07, 6.45) is -4.52. The van der Waals surface area contributed by atoms with Gasteiger partial charge in [-0.25, -0.2) is 4.79 Å². The zero-order valence-electron chi connectivity index (χ0n) is 15.5. The quantitative estimate of drug-likeness (QED) is 0.603. The van der Waals surface area contributed by atoms with E-state index in [4.69, 9.17) is 8.92 Å². The third-order valence-electron chi connectivity index (χ3n) is 4.25. The molecular weight excluding hydrogens is 425 g/mol. The average Bonchev–Trinajstić information content (AvgIpc) is 3.06. The molecule has 0 radical (unpaired) electrons. The molecule has 160 valence electrons. The van der Waals surface area contributed by atoms with Crippen LogP contribution in [0.5, 0.6) is 17.2 Å². The molecule has 10 heteroatoms. The van der Waals surface area contributed by atoms with Crippen LogP contribution in [0.1, 0.15) is 24.0 Å². The summed E-state index contributed by atoms with van der Waals surface area (Å²) in [7, 11) is -4.20. The third kappa shape index (κ3) is 5.76. The van der Waals surface area contributed by atoms with Gasteiger partial charge in [-0.15, -0.1) is 0 Å². The molecule has 0 aromatic heterocycles. The summed E-state index contributed by atoms with van der Waals surface area (Å²) < 4.78 is 71.1. The van der Waals surface area contributed by atoms with E-state index < -0.39 is 40.9 Å². The lowest BCUT2D eigenvalue weighted by molar-refractivity contribution is -0.134. The minimum atomic E-state index is -4.44. The molecule has 0 heterocycles. The highest BCUT2D eigenvalue weighted by Gasteiger charge is 2.28. The second-order valence-corrected chi connectivity index (χ2v) is 8.31. The monoisotopic (exact) mass is 442 g/mol. The number of alkyl halides is 3. The lowest BCUT2D eigenvalue weighted by Gasteiger charge is -2.12. The molecule has 0 spiro atoms. The van der Waals surface area contributed by atoms with Gasteiger partial charge in [-0.05, 0) is 36.3 Å². The minimum Gasteiger partial charge on any atom is -0.478 e. The lowest BCUT2D eigenvalue weighted by Crippen LogP contribution is -2.16. The third-order valence-corrected chi connectivity index (χ3v) is 5.49. The zero-order valence-corrected chi connectivity index (χ0v) is 16.3. The second-order valence-electron chi connectivity index (χ2n) is 6.62. The normalized spacial score (nSPS) is 13.5. The van der Waals surface area contributed by atoms with Crippen LogP contribution in [0.25, 0.3) is 6.08 Å². The average molecular weight is 442 g/mol. The molecule has 0 saturated carbocycles. The van der Waals surface area contributed by atoms with E-state index in [1.54, 1.807) is 30.3 Å². The Kier molecular flexibility index (Phi) is 6.06. The van der Waals surface area contributed by atoms with Crippen LogP contribution in [0.2, 0.25) is 0 Å². The Balaban J connectivity index is 1.69. The fraction of sp³-hybridized carbons (Fsp3) is 0.250. The van der Waals surface area contributed by atoms with Crippen molar-refractivity contribution >= 4 is 22.2 Å². The summed E-state index contributed by atoms with van der Waals surface area (Å²) in [5.74, 6) is -1.26. The molecule has 3 rings (SSSR count). The van der Waals surface area contributed by atoms with E-state index in [1.807, 2.05) is 0 Å². The van der Waals surface area contributed by atoms with Gasteiger partial charge in [0, 0.05) is 30.0 Å². The van der Waals surface area contributed by atoms with Gasteiger partial charge < -0.3 is 14.0 Å². The van der Waals surface area contributed by atoms with E-state index in [-0.39, 0.29) is 23.5 Å². The van der Waals surface area contributed by atoms with E-state index in [1.165, 1.54) is 18.2 Å². The number of halogens is 3. The first kappa shape index (κ1) is 21.7. The first-order valence-corrected chi connectivity index (χ1v) is 10.4. The van der Waals surface area contributed by atoms with Crippen molar-refractivity contribution in [1.82, 2.24) is 0 Å². The Morgan fingerprint density at radius 1 is 1.10 bits per heavy atom. The highest BCUT2D eigenvalue weighted by molar-refractivity contribution is 7.87. The zero-order chi connectivity index (χ0) is 21.9. The maximum absolute atomic E-state index is 12.2. The fourth-order valence-corrected chi connectivity index (χ4v) is 3.90. The summed E-state index contributed by atoms with van der Waals surface area (Å²) in [6.45, 7) is 0. The summed E-state index contributed by atoms with van der Waals surface area (Å²) in [4.78, 5) is 11.2. The predicted octanol–water partition coefficient (Wildman–Crippen LogP) is 4.55. The van der Waals surface area contributed by atoms with Crippen LogP contribution in [0, 0.1) is 0 Å². The van der Waals surface area contributed by atoms with E-state index in [9.17, 15) is 31.5 Å². The maximum atomic E-state index is 12.2. The minimum absolute atomic E-state index is 0.101. The first-order valence-electron chi connectivity index (χ1n) is 8.85. The highest BCUT2D eigenvalue weighted by Crippen LogP contribution is 2.36. The van der Waals surface area contributed by atoms with Crippen LogP contribution < -0.4 is 8.92 Å². The summed E-state index contributed by atoms with van der Waals surface area (Å²) >= 11 is 0. The number of hydrogen-bond acceptors (Lipinski definition) is 5. The molecule has 1 N–H and O–H groups in total. The molecule has 0 atom stereocenters. The highest BCUT2D eigenvalue weighted by atomic mass is 32.2. The van der Waals surface area contributed by atoms with Gasteiger partial charge in [-0.1, -0.05) is 18.2 Å². The molecule has 1 aliphatic carbocycles. The molecular formula is C20H17F3O6S. The number of fused-ring (bicyclic) bond motifs is 1. The summed E-state index contributed by atoms with van der Waals surface area (Å²) in [6, 6.07) is 10.8. The van der Waals surface area contributed by atoms with Crippen LogP contribution >= 0.6 is 0 Å². The smallest absolute Gasteiger partial charge is 0.389 e. The number of aliphatic carboxylic acids is 1. The van der Waals surface area contributed by atoms with Gasteiger partial charge in [0.15, 0.2) is 0 Å². The summed E-state index contributed by atoms with van der Waals surface area (Å²) in [5, 5.41) is 9.17. The number of carboxylic acid groups (broad SMARTS) is 1. The van der Waals surface area contributed by atoms with Crippen LogP contribution in [0.3, 0.4) is 0 Å². The Morgan fingerprint density at radius 2 is 1.80 bits per heavy atom. The number of carbonyl (C=O) groups is 1. The van der Waals surface area contributed by atoms with Crippen molar-refractivity contribution in [3.8, 4) is 17.2 Å². The molecule has 0 saturated heterocycles. The SMILES string of the molecule is O=C(O)C1=Cc2cccc(Oc3cccc(OS(=O)(=O)CCCC(F)(F)F)c3)c2C1. The Labute approximate surface area is 170 Å². The number of benzene rings is 2. The van der Waals surface area contributed by atoms with Gasteiger partial charge in [0.25, 0.3) is 0 Å². The maximum Gasteiger partial charge on any atom is 0.389 e. The molecule has 0 aliphatic heterocycles. The van der Waals surface area contributed by atoms with Gasteiger partial charge in [0.2, 0.25) is 0 Å². The fourth-order valence-electron chi connectivity index (χ4n) is 2.92. The lowest BCUT2D eigenvalue weighted by atomic mass is 10.1. The molecule has 0 amide bonds. The molecule has 2 aromatic rings. The van der Waals surface area contributed by atoms with Crippen molar-refractivity contribution in [2.24, 2.45) is 0 Å². The van der Waals surface area contributed by atoms with E-state index >= 15 is 0 Å². The van der Waals surface area contributed by atoms with E-state index in [2.05, 4.69) is 0 Å². The Hall–Kier alpha value is -3.01. The standard InChI is InChI=1S/C20H17F3O6S/c21-20(22,23)8-3-9-30(26,27)29-16-6-2-5-15(12-16)28-18-7-1-4-13-10-14(19(24)25)11-17(13)18/h1-2,4-7,10,12H,3,8-9,11H2,(H,24,25). The largest absolute Gasteiger partial charge is 0.478 e.